The largest absolute Gasteiger partial charge is 0.465 e. The number of methoxy groups -OCH3 is 1. The van der Waals surface area contributed by atoms with Crippen molar-refractivity contribution in [2.75, 3.05) is 24.3 Å². The van der Waals surface area contributed by atoms with E-state index in [1.54, 1.807) is 36.5 Å². The molecule has 2 aromatic rings. The van der Waals surface area contributed by atoms with Gasteiger partial charge in [-0.3, -0.25) is 4.79 Å². The van der Waals surface area contributed by atoms with Crippen molar-refractivity contribution < 1.29 is 14.3 Å². The molecule has 1 heterocycles. The minimum Gasteiger partial charge on any atom is -0.465 e. The summed E-state index contributed by atoms with van der Waals surface area (Å²) < 4.78 is 4.69. The van der Waals surface area contributed by atoms with Crippen molar-refractivity contribution in [2.24, 2.45) is 0 Å². The van der Waals surface area contributed by atoms with Crippen LogP contribution < -0.4 is 10.6 Å². The lowest BCUT2D eigenvalue weighted by Gasteiger charge is -2.13. The molecule has 0 fully saturated rings. The van der Waals surface area contributed by atoms with Crippen molar-refractivity contribution in [3.05, 3.63) is 59.4 Å². The number of carbonyl (C=O) groups is 2. The Bertz CT molecular complexity index is 879. The minimum atomic E-state index is -0.460. The average Bonchev–Trinajstić information content (AvgIpc) is 2.74. The summed E-state index contributed by atoms with van der Waals surface area (Å²) >= 11 is 0. The van der Waals surface area contributed by atoms with E-state index in [1.165, 1.54) is 31.9 Å². The van der Waals surface area contributed by atoms with E-state index >= 15 is 0 Å². The number of rotatable bonds is 7. The number of hydrogen-bond donors (Lipinski definition) is 2. The lowest BCUT2D eigenvalue weighted by molar-refractivity contribution is 0.0600. The maximum absolute atomic E-state index is 12.5. The van der Waals surface area contributed by atoms with E-state index in [2.05, 4.69) is 26.7 Å². The van der Waals surface area contributed by atoms with Gasteiger partial charge in [0.25, 0.3) is 5.91 Å². The first-order chi connectivity index (χ1) is 13.7. The van der Waals surface area contributed by atoms with Gasteiger partial charge >= 0.3 is 5.97 Å². The standard InChI is InChI=1S/C21H24N4O3/c1-28-20(27)16-8-5-9-17(14-16)24-19(26)18-11-13-23-21(25-18)22-12-10-15-6-3-2-4-7-15/h5-6,8-9,11,13-14H,2-4,7,10,12H2,1H3,(H,24,26)(H,22,23,25). The number of nitrogens with one attached hydrogen (secondary N) is 2. The monoisotopic (exact) mass is 380 g/mol. The maximum Gasteiger partial charge on any atom is 0.337 e. The number of hydrogen-bond acceptors (Lipinski definition) is 6. The smallest absolute Gasteiger partial charge is 0.337 e. The van der Waals surface area contributed by atoms with E-state index < -0.39 is 5.97 Å². The molecule has 1 aliphatic rings. The maximum atomic E-state index is 12.5. The zero-order valence-corrected chi connectivity index (χ0v) is 15.9. The van der Waals surface area contributed by atoms with Crippen LogP contribution in [-0.4, -0.2) is 35.5 Å². The molecule has 3 rings (SSSR count). The molecule has 0 unspecified atom stereocenters. The molecule has 146 valence electrons. The summed E-state index contributed by atoms with van der Waals surface area (Å²) in [6.07, 6.45) is 9.69. The van der Waals surface area contributed by atoms with Crippen LogP contribution in [0.25, 0.3) is 0 Å². The Morgan fingerprint density at radius 2 is 2.11 bits per heavy atom. The fourth-order valence-corrected chi connectivity index (χ4v) is 3.07. The van der Waals surface area contributed by atoms with Crippen LogP contribution in [-0.2, 0) is 4.74 Å². The fourth-order valence-electron chi connectivity index (χ4n) is 3.07. The van der Waals surface area contributed by atoms with Gasteiger partial charge in [0.05, 0.1) is 12.7 Å². The molecule has 0 atom stereocenters. The Hall–Kier alpha value is -3.22. The molecule has 7 nitrogen and oxygen atoms in total. The third kappa shape index (κ3) is 5.39. The summed E-state index contributed by atoms with van der Waals surface area (Å²) in [5, 5.41) is 5.92. The highest BCUT2D eigenvalue weighted by molar-refractivity contribution is 6.03. The molecular weight excluding hydrogens is 356 g/mol. The Labute approximate surface area is 164 Å². The van der Waals surface area contributed by atoms with Crippen LogP contribution in [0, 0.1) is 0 Å². The van der Waals surface area contributed by atoms with Crippen LogP contribution in [0.3, 0.4) is 0 Å². The number of benzene rings is 1. The predicted octanol–water partition coefficient (Wildman–Crippen LogP) is 3.82. The highest BCUT2D eigenvalue weighted by Crippen LogP contribution is 2.20. The molecular formula is C21H24N4O3. The van der Waals surface area contributed by atoms with E-state index in [1.807, 2.05) is 0 Å². The van der Waals surface area contributed by atoms with Gasteiger partial charge in [-0.2, -0.15) is 0 Å². The fraction of sp³-hybridized carbons (Fsp3) is 0.333. The van der Waals surface area contributed by atoms with Crippen LogP contribution in [0.1, 0.15) is 53.0 Å². The number of amides is 1. The molecule has 1 aromatic carbocycles. The van der Waals surface area contributed by atoms with Gasteiger partial charge in [-0.15, -0.1) is 0 Å². The Balaban J connectivity index is 1.59. The number of aromatic nitrogens is 2. The summed E-state index contributed by atoms with van der Waals surface area (Å²) in [6, 6.07) is 8.10. The van der Waals surface area contributed by atoms with Crippen molar-refractivity contribution in [3.8, 4) is 0 Å². The average molecular weight is 380 g/mol. The second-order valence-electron chi connectivity index (χ2n) is 6.58. The molecule has 0 aliphatic heterocycles. The topological polar surface area (TPSA) is 93.2 Å². The van der Waals surface area contributed by atoms with E-state index in [4.69, 9.17) is 4.74 Å². The first-order valence-corrected chi connectivity index (χ1v) is 9.40. The number of ether oxygens (including phenoxy) is 1. The van der Waals surface area contributed by atoms with Crippen molar-refractivity contribution in [3.63, 3.8) is 0 Å². The molecule has 0 saturated carbocycles. The molecule has 2 N–H and O–H groups in total. The summed E-state index contributed by atoms with van der Waals surface area (Å²) in [6.45, 7) is 0.734. The first-order valence-electron chi connectivity index (χ1n) is 9.40. The van der Waals surface area contributed by atoms with Gasteiger partial charge in [0.1, 0.15) is 5.69 Å². The lowest BCUT2D eigenvalue weighted by Crippen LogP contribution is -2.16. The summed E-state index contributed by atoms with van der Waals surface area (Å²) in [4.78, 5) is 32.6. The van der Waals surface area contributed by atoms with Crippen LogP contribution in [0.5, 0.6) is 0 Å². The highest BCUT2D eigenvalue weighted by atomic mass is 16.5. The number of esters is 1. The summed E-state index contributed by atoms with van der Waals surface area (Å²) in [5.74, 6) is -0.410. The van der Waals surface area contributed by atoms with Gasteiger partial charge in [-0.1, -0.05) is 17.7 Å². The number of anilines is 2. The third-order valence-corrected chi connectivity index (χ3v) is 4.54. The zero-order valence-electron chi connectivity index (χ0n) is 15.9. The van der Waals surface area contributed by atoms with Gasteiger partial charge in [0, 0.05) is 18.4 Å². The van der Waals surface area contributed by atoms with Crippen molar-refractivity contribution in [2.45, 2.75) is 32.1 Å². The van der Waals surface area contributed by atoms with Gasteiger partial charge < -0.3 is 15.4 Å². The highest BCUT2D eigenvalue weighted by Gasteiger charge is 2.12. The van der Waals surface area contributed by atoms with E-state index in [-0.39, 0.29) is 11.6 Å². The van der Waals surface area contributed by atoms with Crippen LogP contribution in [0.15, 0.2) is 48.2 Å². The van der Waals surface area contributed by atoms with Gasteiger partial charge in [-0.05, 0) is 56.4 Å². The second kappa shape index (κ2) is 9.64. The quantitative estimate of drug-likeness (QED) is 0.560. The summed E-state index contributed by atoms with van der Waals surface area (Å²) in [5.41, 5.74) is 2.57. The predicted molar refractivity (Wildman–Crippen MR) is 107 cm³/mol. The van der Waals surface area contributed by atoms with Crippen molar-refractivity contribution in [1.82, 2.24) is 9.97 Å². The Morgan fingerprint density at radius 1 is 1.21 bits per heavy atom. The Kier molecular flexibility index (Phi) is 6.73. The normalized spacial score (nSPS) is 13.4. The number of carbonyl (C=O) groups excluding carboxylic acids is 2. The molecule has 0 spiro atoms. The van der Waals surface area contributed by atoms with Crippen molar-refractivity contribution in [1.29, 1.82) is 0 Å². The molecule has 1 aliphatic carbocycles. The molecule has 1 aromatic heterocycles. The SMILES string of the molecule is COC(=O)c1cccc(NC(=O)c2ccnc(NCCC3=CCCCC3)n2)c1. The van der Waals surface area contributed by atoms with E-state index in [0.29, 0.717) is 17.2 Å². The van der Waals surface area contributed by atoms with Crippen LogP contribution in [0.4, 0.5) is 11.6 Å². The van der Waals surface area contributed by atoms with E-state index in [0.717, 1.165) is 19.4 Å². The molecule has 28 heavy (non-hydrogen) atoms. The van der Waals surface area contributed by atoms with Gasteiger partial charge in [-0.25, -0.2) is 14.8 Å². The second-order valence-corrected chi connectivity index (χ2v) is 6.58. The molecule has 0 radical (unpaired) electrons. The van der Waals surface area contributed by atoms with Crippen LogP contribution >= 0.6 is 0 Å². The molecule has 0 bridgehead atoms. The lowest BCUT2D eigenvalue weighted by atomic mass is 9.97. The van der Waals surface area contributed by atoms with Gasteiger partial charge in [0.2, 0.25) is 5.95 Å². The van der Waals surface area contributed by atoms with Crippen molar-refractivity contribution >= 4 is 23.5 Å². The number of allylic oxidation sites excluding steroid dienone is 1. The third-order valence-electron chi connectivity index (χ3n) is 4.54. The zero-order chi connectivity index (χ0) is 19.8. The van der Waals surface area contributed by atoms with Crippen LogP contribution in [0.2, 0.25) is 0 Å². The summed E-state index contributed by atoms with van der Waals surface area (Å²) in [7, 11) is 1.31. The van der Waals surface area contributed by atoms with E-state index in [9.17, 15) is 9.59 Å². The first kappa shape index (κ1) is 19.5. The number of nitrogens with zero attached hydrogens (tertiary/aromatic N) is 2. The molecule has 0 saturated heterocycles. The molecule has 1 amide bonds. The molecule has 7 heteroatoms. The minimum absolute atomic E-state index is 0.248. The van der Waals surface area contributed by atoms with Gasteiger partial charge in [0.15, 0.2) is 0 Å². The Morgan fingerprint density at radius 3 is 2.89 bits per heavy atom.